The van der Waals surface area contributed by atoms with E-state index in [9.17, 15) is 4.79 Å². The lowest BCUT2D eigenvalue weighted by atomic mass is 10.2. The Kier molecular flexibility index (Phi) is 3.88. The number of hydrogen-bond donors (Lipinski definition) is 0. The molecular weight excluding hydrogens is 202 g/mol. The van der Waals surface area contributed by atoms with Crippen LogP contribution in [0.4, 0.5) is 0 Å². The quantitative estimate of drug-likeness (QED) is 0.704. The lowest BCUT2D eigenvalue weighted by Gasteiger charge is -2.19. The minimum atomic E-state index is 0.842. The average molecular weight is 219 g/mol. The molecule has 1 aromatic heterocycles. The third-order valence-electron chi connectivity index (χ3n) is 2.93. The van der Waals surface area contributed by atoms with Crippen molar-refractivity contribution < 1.29 is 4.79 Å². The molecule has 1 aliphatic heterocycles. The molecule has 2 rings (SSSR count). The van der Waals surface area contributed by atoms with E-state index in [0.29, 0.717) is 0 Å². The fourth-order valence-corrected chi connectivity index (χ4v) is 2.00. The van der Waals surface area contributed by atoms with Crippen LogP contribution >= 0.6 is 0 Å². The lowest BCUT2D eigenvalue weighted by Crippen LogP contribution is -2.29. The number of hydrogen-bond acceptors (Lipinski definition) is 3. The Morgan fingerprint density at radius 3 is 2.75 bits per heavy atom. The Morgan fingerprint density at radius 2 is 2.00 bits per heavy atom. The van der Waals surface area contributed by atoms with Crippen molar-refractivity contribution in [3.05, 3.63) is 30.1 Å². The molecule has 2 heterocycles. The fraction of sp³-hybridized carbons (Fsp3) is 0.500. The van der Waals surface area contributed by atoms with Crippen LogP contribution < -0.4 is 0 Å². The second kappa shape index (κ2) is 5.61. The number of carbonyl (C=O) groups is 1. The summed E-state index contributed by atoms with van der Waals surface area (Å²) in [4.78, 5) is 18.9. The summed E-state index contributed by atoms with van der Waals surface area (Å²) in [5.41, 5.74) is 1.29. The summed E-state index contributed by atoms with van der Waals surface area (Å²) in [6, 6.07) is 4.09. The van der Waals surface area contributed by atoms with E-state index >= 15 is 0 Å². The maximum absolute atomic E-state index is 10.7. The van der Waals surface area contributed by atoms with Crippen molar-refractivity contribution in [3.63, 3.8) is 0 Å². The molecule has 4 nitrogen and oxygen atoms in total. The van der Waals surface area contributed by atoms with Crippen LogP contribution in [0.3, 0.4) is 0 Å². The van der Waals surface area contributed by atoms with Crippen molar-refractivity contribution in [2.45, 2.75) is 13.0 Å². The highest BCUT2D eigenvalue weighted by Gasteiger charge is 2.13. The van der Waals surface area contributed by atoms with Gasteiger partial charge in [0.15, 0.2) is 0 Å². The zero-order chi connectivity index (χ0) is 11.2. The van der Waals surface area contributed by atoms with Crippen molar-refractivity contribution >= 4 is 6.41 Å². The molecule has 0 N–H and O–H groups in total. The number of pyridine rings is 1. The summed E-state index contributed by atoms with van der Waals surface area (Å²) >= 11 is 0. The first-order chi connectivity index (χ1) is 7.88. The van der Waals surface area contributed by atoms with E-state index < -0.39 is 0 Å². The summed E-state index contributed by atoms with van der Waals surface area (Å²) in [5, 5.41) is 0. The van der Waals surface area contributed by atoms with E-state index in [1.807, 2.05) is 29.4 Å². The minimum absolute atomic E-state index is 0.842. The normalized spacial score (nSPS) is 18.1. The molecule has 0 atom stereocenters. The lowest BCUT2D eigenvalue weighted by molar-refractivity contribution is -0.118. The first kappa shape index (κ1) is 11.1. The molecule has 1 aromatic rings. The smallest absolute Gasteiger partial charge is 0.209 e. The van der Waals surface area contributed by atoms with Gasteiger partial charge < -0.3 is 4.90 Å². The second-order valence-corrected chi connectivity index (χ2v) is 4.13. The molecule has 0 bridgehead atoms. The number of nitrogens with zero attached hydrogens (tertiary/aromatic N) is 3. The number of aromatic nitrogens is 1. The first-order valence-electron chi connectivity index (χ1n) is 5.69. The van der Waals surface area contributed by atoms with Gasteiger partial charge in [-0.05, 0) is 24.1 Å². The molecular formula is C12H17N3O. The van der Waals surface area contributed by atoms with E-state index in [2.05, 4.69) is 9.88 Å². The van der Waals surface area contributed by atoms with Crippen molar-refractivity contribution in [2.75, 3.05) is 26.2 Å². The monoisotopic (exact) mass is 219 g/mol. The van der Waals surface area contributed by atoms with Gasteiger partial charge in [0.1, 0.15) is 0 Å². The van der Waals surface area contributed by atoms with Gasteiger partial charge in [0.25, 0.3) is 0 Å². The maximum atomic E-state index is 10.7. The number of amides is 1. The van der Waals surface area contributed by atoms with E-state index in [-0.39, 0.29) is 0 Å². The summed E-state index contributed by atoms with van der Waals surface area (Å²) in [6.45, 7) is 4.70. The predicted octanol–water partition coefficient (Wildman–Crippen LogP) is 0.746. The molecule has 16 heavy (non-hydrogen) atoms. The molecule has 0 aromatic carbocycles. The molecule has 86 valence electrons. The average Bonchev–Trinajstić information content (AvgIpc) is 2.56. The third-order valence-corrected chi connectivity index (χ3v) is 2.93. The molecule has 0 radical (unpaired) electrons. The van der Waals surface area contributed by atoms with Gasteiger partial charge in [-0.1, -0.05) is 0 Å². The molecule has 0 unspecified atom stereocenters. The van der Waals surface area contributed by atoms with Crippen molar-refractivity contribution in [2.24, 2.45) is 0 Å². The molecule has 1 saturated heterocycles. The van der Waals surface area contributed by atoms with Gasteiger partial charge in [0.2, 0.25) is 6.41 Å². The summed E-state index contributed by atoms with van der Waals surface area (Å²) in [6.07, 6.45) is 5.66. The highest BCUT2D eigenvalue weighted by atomic mass is 16.1. The van der Waals surface area contributed by atoms with Gasteiger partial charge >= 0.3 is 0 Å². The Bertz CT molecular complexity index is 328. The Hall–Kier alpha value is -1.42. The summed E-state index contributed by atoms with van der Waals surface area (Å²) in [5.74, 6) is 0. The number of rotatable bonds is 3. The van der Waals surface area contributed by atoms with E-state index in [0.717, 1.165) is 45.6 Å². The molecule has 1 aliphatic rings. The zero-order valence-corrected chi connectivity index (χ0v) is 9.38. The first-order valence-corrected chi connectivity index (χ1v) is 5.69. The summed E-state index contributed by atoms with van der Waals surface area (Å²) < 4.78 is 0. The van der Waals surface area contributed by atoms with Crippen LogP contribution in [0.2, 0.25) is 0 Å². The topological polar surface area (TPSA) is 36.4 Å². The highest BCUT2D eigenvalue weighted by molar-refractivity contribution is 5.46. The highest BCUT2D eigenvalue weighted by Crippen LogP contribution is 2.07. The minimum Gasteiger partial charge on any atom is -0.344 e. The molecule has 0 saturated carbocycles. The van der Waals surface area contributed by atoms with Crippen LogP contribution in [-0.4, -0.2) is 47.4 Å². The van der Waals surface area contributed by atoms with Crippen LogP contribution in [-0.2, 0) is 11.3 Å². The van der Waals surface area contributed by atoms with Gasteiger partial charge in [-0.15, -0.1) is 0 Å². The van der Waals surface area contributed by atoms with Gasteiger partial charge in [0, 0.05) is 45.1 Å². The largest absolute Gasteiger partial charge is 0.344 e. The van der Waals surface area contributed by atoms with Crippen LogP contribution in [0.25, 0.3) is 0 Å². The Labute approximate surface area is 95.9 Å². The van der Waals surface area contributed by atoms with Gasteiger partial charge in [0.05, 0.1) is 0 Å². The Morgan fingerprint density at radius 1 is 1.19 bits per heavy atom. The van der Waals surface area contributed by atoms with Crippen LogP contribution in [0.5, 0.6) is 0 Å². The molecule has 0 aliphatic carbocycles. The standard InChI is InChI=1S/C12H17N3O/c16-11-15-7-1-6-14(8-9-15)10-12-2-4-13-5-3-12/h2-5,11H,1,6-10H2. The number of carbonyl (C=O) groups excluding carboxylic acids is 1. The van der Waals surface area contributed by atoms with E-state index in [1.54, 1.807) is 0 Å². The SMILES string of the molecule is O=CN1CCCN(Cc2ccncc2)CC1. The molecule has 1 fully saturated rings. The van der Waals surface area contributed by atoms with Gasteiger partial charge in [-0.25, -0.2) is 0 Å². The molecule has 0 spiro atoms. The molecule has 1 amide bonds. The summed E-state index contributed by atoms with van der Waals surface area (Å²) in [7, 11) is 0. The fourth-order valence-electron chi connectivity index (χ4n) is 2.00. The van der Waals surface area contributed by atoms with Crippen molar-refractivity contribution in [1.29, 1.82) is 0 Å². The maximum Gasteiger partial charge on any atom is 0.209 e. The van der Waals surface area contributed by atoms with Crippen LogP contribution in [0, 0.1) is 0 Å². The third kappa shape index (κ3) is 3.03. The van der Waals surface area contributed by atoms with Crippen molar-refractivity contribution in [3.8, 4) is 0 Å². The van der Waals surface area contributed by atoms with Gasteiger partial charge in [-0.2, -0.15) is 0 Å². The molecule has 4 heteroatoms. The van der Waals surface area contributed by atoms with E-state index in [4.69, 9.17) is 0 Å². The van der Waals surface area contributed by atoms with Crippen LogP contribution in [0.15, 0.2) is 24.5 Å². The second-order valence-electron chi connectivity index (χ2n) is 4.13. The zero-order valence-electron chi connectivity index (χ0n) is 9.38. The Balaban J connectivity index is 1.89. The van der Waals surface area contributed by atoms with Crippen LogP contribution in [0.1, 0.15) is 12.0 Å². The van der Waals surface area contributed by atoms with Gasteiger partial charge in [-0.3, -0.25) is 14.7 Å². The van der Waals surface area contributed by atoms with E-state index in [1.165, 1.54) is 5.56 Å². The predicted molar refractivity (Wildman–Crippen MR) is 61.8 cm³/mol. The van der Waals surface area contributed by atoms with Crippen molar-refractivity contribution in [1.82, 2.24) is 14.8 Å².